The third-order valence-corrected chi connectivity index (χ3v) is 9.42. The number of amides is 1. The average molecular weight is 503 g/mol. The largest absolute Gasteiger partial charge is 0.379 e. The van der Waals surface area contributed by atoms with Crippen molar-refractivity contribution >= 4 is 43.2 Å². The fraction of sp³-hybridized carbons (Fsp3) is 0.435. The Morgan fingerprint density at radius 1 is 1.24 bits per heavy atom. The normalized spacial score (nSPS) is 19.1. The average Bonchev–Trinajstić information content (AvgIpc) is 3.20. The number of carbonyl (C=O) groups excluding carboxylic acids is 1. The minimum Gasteiger partial charge on any atom is -0.379 e. The number of benzene rings is 1. The highest BCUT2D eigenvalue weighted by Gasteiger charge is 2.26. The monoisotopic (exact) mass is 502 g/mol. The molecule has 34 heavy (non-hydrogen) atoms. The second-order valence-electron chi connectivity index (χ2n) is 8.80. The number of thiophene rings is 1. The Morgan fingerprint density at radius 3 is 2.71 bits per heavy atom. The first-order chi connectivity index (χ1) is 16.3. The molecule has 3 aromatic rings. The number of sulfonamides is 1. The number of aryl methyl sites for hydroxylation is 1. The third-order valence-electron chi connectivity index (χ3n) is 6.34. The standard InChI is InChI=1S/C23H26N4O5S2/c1-15-2-7-18-19(12-15)33-22-21(18)23(29)26(14-24-22)13-20(28)25-16-3-5-17(6-4-16)34(30,31)27-8-10-32-11-9-27/h3-6,14-15H,2,7-13H2,1H3,(H,25,28). The molecule has 2 aliphatic rings. The number of anilines is 1. The molecular formula is C23H26N4O5S2. The maximum absolute atomic E-state index is 13.1. The number of morpholine rings is 1. The molecule has 1 aliphatic carbocycles. The summed E-state index contributed by atoms with van der Waals surface area (Å²) in [6.07, 6.45) is 4.30. The van der Waals surface area contributed by atoms with Crippen LogP contribution in [0.1, 0.15) is 23.8 Å². The van der Waals surface area contributed by atoms with E-state index in [1.54, 1.807) is 23.5 Å². The number of hydrogen-bond acceptors (Lipinski definition) is 7. The Bertz CT molecular complexity index is 1390. The second kappa shape index (κ2) is 9.21. The highest BCUT2D eigenvalue weighted by molar-refractivity contribution is 7.89. The molecule has 1 atom stereocenters. The summed E-state index contributed by atoms with van der Waals surface area (Å²) in [7, 11) is -3.60. The van der Waals surface area contributed by atoms with Crippen LogP contribution in [-0.4, -0.2) is 54.5 Å². The number of hydrogen-bond donors (Lipinski definition) is 1. The van der Waals surface area contributed by atoms with Crippen LogP contribution in [0.2, 0.25) is 0 Å². The second-order valence-corrected chi connectivity index (χ2v) is 11.8. The van der Waals surface area contributed by atoms with E-state index in [9.17, 15) is 18.0 Å². The van der Waals surface area contributed by atoms with Gasteiger partial charge in [-0.1, -0.05) is 6.92 Å². The summed E-state index contributed by atoms with van der Waals surface area (Å²) in [4.78, 5) is 32.3. The van der Waals surface area contributed by atoms with Crippen LogP contribution in [0.4, 0.5) is 5.69 Å². The summed E-state index contributed by atoms with van der Waals surface area (Å²) in [5.74, 6) is 0.216. The van der Waals surface area contributed by atoms with Crippen LogP contribution in [0.15, 0.2) is 40.3 Å². The van der Waals surface area contributed by atoms with Crippen molar-refractivity contribution < 1.29 is 17.9 Å². The zero-order chi connectivity index (χ0) is 23.9. The van der Waals surface area contributed by atoms with E-state index in [0.717, 1.165) is 29.7 Å². The first-order valence-electron chi connectivity index (χ1n) is 11.3. The molecule has 1 fully saturated rings. The smallest absolute Gasteiger partial charge is 0.262 e. The van der Waals surface area contributed by atoms with Crippen molar-refractivity contribution in [2.24, 2.45) is 5.92 Å². The molecule has 1 aromatic carbocycles. The van der Waals surface area contributed by atoms with Gasteiger partial charge in [-0.15, -0.1) is 11.3 Å². The lowest BCUT2D eigenvalue weighted by molar-refractivity contribution is -0.116. The van der Waals surface area contributed by atoms with Gasteiger partial charge in [-0.05, 0) is 55.0 Å². The zero-order valence-corrected chi connectivity index (χ0v) is 20.5. The number of aromatic nitrogens is 2. The van der Waals surface area contributed by atoms with Gasteiger partial charge in [-0.2, -0.15) is 4.31 Å². The maximum atomic E-state index is 13.1. The predicted octanol–water partition coefficient (Wildman–Crippen LogP) is 2.24. The van der Waals surface area contributed by atoms with Gasteiger partial charge in [-0.25, -0.2) is 13.4 Å². The fourth-order valence-corrected chi connectivity index (χ4v) is 7.23. The molecule has 1 saturated heterocycles. The summed E-state index contributed by atoms with van der Waals surface area (Å²) in [5.41, 5.74) is 1.34. The van der Waals surface area contributed by atoms with Crippen LogP contribution in [0.3, 0.4) is 0 Å². The van der Waals surface area contributed by atoms with Crippen LogP contribution in [-0.2, 0) is 38.9 Å². The minimum absolute atomic E-state index is 0.162. The molecule has 180 valence electrons. The van der Waals surface area contributed by atoms with Gasteiger partial charge >= 0.3 is 0 Å². The predicted molar refractivity (Wildman–Crippen MR) is 130 cm³/mol. The third kappa shape index (κ3) is 4.40. The van der Waals surface area contributed by atoms with E-state index in [4.69, 9.17) is 4.74 Å². The molecule has 0 bridgehead atoms. The summed E-state index contributed by atoms with van der Waals surface area (Å²) in [5, 5.41) is 3.37. The van der Waals surface area contributed by atoms with E-state index in [1.165, 1.54) is 32.2 Å². The van der Waals surface area contributed by atoms with E-state index in [0.29, 0.717) is 43.3 Å². The van der Waals surface area contributed by atoms with Crippen LogP contribution < -0.4 is 10.9 Å². The Labute approximate surface area is 201 Å². The molecule has 0 spiro atoms. The van der Waals surface area contributed by atoms with Crippen molar-refractivity contribution in [1.29, 1.82) is 0 Å². The molecular weight excluding hydrogens is 476 g/mol. The molecule has 3 heterocycles. The molecule has 9 nitrogen and oxygen atoms in total. The van der Waals surface area contributed by atoms with Gasteiger partial charge in [-0.3, -0.25) is 14.2 Å². The van der Waals surface area contributed by atoms with Gasteiger partial charge in [0.2, 0.25) is 15.9 Å². The number of nitrogens with one attached hydrogen (secondary N) is 1. The van der Waals surface area contributed by atoms with E-state index in [-0.39, 0.29) is 22.9 Å². The lowest BCUT2D eigenvalue weighted by Crippen LogP contribution is -2.40. The van der Waals surface area contributed by atoms with Crippen molar-refractivity contribution in [1.82, 2.24) is 13.9 Å². The number of rotatable bonds is 5. The van der Waals surface area contributed by atoms with Gasteiger partial charge in [0.25, 0.3) is 5.56 Å². The summed E-state index contributed by atoms with van der Waals surface area (Å²) in [6, 6.07) is 6.04. The van der Waals surface area contributed by atoms with Crippen molar-refractivity contribution in [3.63, 3.8) is 0 Å². The van der Waals surface area contributed by atoms with Crippen LogP contribution in [0, 0.1) is 5.92 Å². The van der Waals surface area contributed by atoms with Crippen LogP contribution >= 0.6 is 11.3 Å². The van der Waals surface area contributed by atoms with Crippen molar-refractivity contribution in [3.05, 3.63) is 51.4 Å². The zero-order valence-electron chi connectivity index (χ0n) is 18.8. The first kappa shape index (κ1) is 23.2. The summed E-state index contributed by atoms with van der Waals surface area (Å²) in [6.45, 7) is 3.44. The Balaban J connectivity index is 1.30. The quantitative estimate of drug-likeness (QED) is 0.573. The number of carbonyl (C=O) groups is 1. The lowest BCUT2D eigenvalue weighted by Gasteiger charge is -2.26. The van der Waals surface area contributed by atoms with Gasteiger partial charge in [0.05, 0.1) is 29.8 Å². The molecule has 1 N–H and O–H groups in total. The molecule has 11 heteroatoms. The lowest BCUT2D eigenvalue weighted by atomic mass is 9.89. The molecule has 1 amide bonds. The summed E-state index contributed by atoms with van der Waals surface area (Å²) >= 11 is 1.58. The van der Waals surface area contributed by atoms with E-state index >= 15 is 0 Å². The van der Waals surface area contributed by atoms with Crippen LogP contribution in [0.25, 0.3) is 10.2 Å². The van der Waals surface area contributed by atoms with E-state index < -0.39 is 10.0 Å². The Hall–Kier alpha value is -2.60. The van der Waals surface area contributed by atoms with Crippen molar-refractivity contribution in [2.45, 2.75) is 37.6 Å². The van der Waals surface area contributed by atoms with Gasteiger partial charge < -0.3 is 10.1 Å². The van der Waals surface area contributed by atoms with Crippen molar-refractivity contribution in [3.8, 4) is 0 Å². The van der Waals surface area contributed by atoms with E-state index in [1.807, 2.05) is 0 Å². The highest BCUT2D eigenvalue weighted by atomic mass is 32.2. The highest BCUT2D eigenvalue weighted by Crippen LogP contribution is 2.35. The molecule has 2 aromatic heterocycles. The van der Waals surface area contributed by atoms with Crippen LogP contribution in [0.5, 0.6) is 0 Å². The number of ether oxygens (including phenoxy) is 1. The van der Waals surface area contributed by atoms with Gasteiger partial charge in [0, 0.05) is 23.7 Å². The fourth-order valence-electron chi connectivity index (χ4n) is 4.48. The Morgan fingerprint density at radius 2 is 1.97 bits per heavy atom. The van der Waals surface area contributed by atoms with Crippen molar-refractivity contribution in [2.75, 3.05) is 31.6 Å². The van der Waals surface area contributed by atoms with E-state index in [2.05, 4.69) is 17.2 Å². The number of nitrogens with zero attached hydrogens (tertiary/aromatic N) is 3. The van der Waals surface area contributed by atoms with Gasteiger partial charge in [0.15, 0.2) is 0 Å². The molecule has 0 saturated carbocycles. The first-order valence-corrected chi connectivity index (χ1v) is 13.6. The molecule has 1 aliphatic heterocycles. The topological polar surface area (TPSA) is 111 Å². The minimum atomic E-state index is -3.60. The molecule has 5 rings (SSSR count). The SMILES string of the molecule is CC1CCc2c(sc3ncn(CC(=O)Nc4ccc(S(=O)(=O)N5CCOCC5)cc4)c(=O)c23)C1. The number of fused-ring (bicyclic) bond motifs is 3. The van der Waals surface area contributed by atoms with Gasteiger partial charge in [0.1, 0.15) is 11.4 Å². The Kier molecular flexibility index (Phi) is 6.28. The molecule has 1 unspecified atom stereocenters. The maximum Gasteiger partial charge on any atom is 0.262 e. The summed E-state index contributed by atoms with van der Waals surface area (Å²) < 4.78 is 33.4. The molecule has 0 radical (unpaired) electrons.